The summed E-state index contributed by atoms with van der Waals surface area (Å²) >= 11 is 0. The summed E-state index contributed by atoms with van der Waals surface area (Å²) in [5.41, 5.74) is 7.76. The third-order valence-corrected chi connectivity index (χ3v) is 7.86. The minimum Gasteiger partial charge on any atom is -0.384 e. The SMILES string of the molecule is CC1=C2N=C(c3ccccc3C)C=C(NCc3ccc(NS(=O)(=O)c4ccc(F)cc4)cc3)C2CN=C1. The minimum absolute atomic E-state index is 0.00398. The summed E-state index contributed by atoms with van der Waals surface area (Å²) in [6.07, 6.45) is 4.00. The Morgan fingerprint density at radius 3 is 2.43 bits per heavy atom. The lowest BCUT2D eigenvalue weighted by atomic mass is 9.90. The number of nitrogens with one attached hydrogen (secondary N) is 2. The second-order valence-electron chi connectivity index (χ2n) is 9.14. The van der Waals surface area contributed by atoms with Gasteiger partial charge in [-0.05, 0) is 73.0 Å². The number of nitrogens with zero attached hydrogens (tertiary/aromatic N) is 2. The van der Waals surface area contributed by atoms with Crippen LogP contribution in [0.15, 0.2) is 111 Å². The summed E-state index contributed by atoms with van der Waals surface area (Å²) in [6.45, 7) is 5.32. The standard InChI is InChI=1S/C29H27FN4O2S/c1-19-5-3-4-6-25(19)28-15-27(26-18-31-16-20(2)29(26)33-28)32-17-21-7-11-23(12-8-21)34-37(35,36)24-13-9-22(30)10-14-24/h3-16,26,32,34H,17-18H2,1-2H3. The Morgan fingerprint density at radius 1 is 0.973 bits per heavy atom. The number of dihydropyridines is 2. The highest BCUT2D eigenvalue weighted by Crippen LogP contribution is 2.31. The number of rotatable bonds is 7. The van der Waals surface area contributed by atoms with E-state index in [4.69, 9.17) is 4.99 Å². The van der Waals surface area contributed by atoms with Crippen molar-refractivity contribution < 1.29 is 12.8 Å². The molecule has 1 atom stereocenters. The number of halogens is 1. The predicted octanol–water partition coefficient (Wildman–Crippen LogP) is 5.39. The lowest BCUT2D eigenvalue weighted by Crippen LogP contribution is -2.29. The molecule has 8 heteroatoms. The van der Waals surface area contributed by atoms with E-state index < -0.39 is 15.8 Å². The van der Waals surface area contributed by atoms with E-state index in [-0.39, 0.29) is 10.8 Å². The molecule has 2 N–H and O–H groups in total. The van der Waals surface area contributed by atoms with E-state index in [9.17, 15) is 12.8 Å². The maximum atomic E-state index is 13.1. The lowest BCUT2D eigenvalue weighted by molar-refractivity contribution is 0.599. The molecule has 188 valence electrons. The Balaban J connectivity index is 1.33. The molecule has 37 heavy (non-hydrogen) atoms. The molecule has 0 saturated heterocycles. The van der Waals surface area contributed by atoms with Gasteiger partial charge in [0.15, 0.2) is 0 Å². The molecular weight excluding hydrogens is 487 g/mol. The van der Waals surface area contributed by atoms with Gasteiger partial charge in [0, 0.05) is 29.7 Å². The molecule has 2 aliphatic heterocycles. The molecule has 0 fully saturated rings. The molecule has 0 saturated carbocycles. The number of sulfonamides is 1. The highest BCUT2D eigenvalue weighted by Gasteiger charge is 2.28. The molecule has 0 aliphatic carbocycles. The molecule has 0 bridgehead atoms. The molecule has 2 aliphatic rings. The summed E-state index contributed by atoms with van der Waals surface area (Å²) in [6, 6.07) is 20.1. The fourth-order valence-electron chi connectivity index (χ4n) is 4.44. The summed E-state index contributed by atoms with van der Waals surface area (Å²) in [5.74, 6) is -0.418. The van der Waals surface area contributed by atoms with Crippen molar-refractivity contribution in [3.63, 3.8) is 0 Å². The molecule has 3 aromatic carbocycles. The van der Waals surface area contributed by atoms with Gasteiger partial charge in [-0.2, -0.15) is 0 Å². The largest absolute Gasteiger partial charge is 0.384 e. The van der Waals surface area contributed by atoms with Crippen LogP contribution in [0.4, 0.5) is 10.1 Å². The number of benzene rings is 3. The summed E-state index contributed by atoms with van der Waals surface area (Å²) in [7, 11) is -3.80. The van der Waals surface area contributed by atoms with Crippen LogP contribution in [0.25, 0.3) is 0 Å². The van der Waals surface area contributed by atoms with Crippen molar-refractivity contribution in [2.45, 2.75) is 25.3 Å². The van der Waals surface area contributed by atoms with E-state index in [1.165, 1.54) is 12.1 Å². The number of hydrogen-bond acceptors (Lipinski definition) is 5. The maximum absolute atomic E-state index is 13.1. The predicted molar refractivity (Wildman–Crippen MR) is 146 cm³/mol. The quantitative estimate of drug-likeness (QED) is 0.444. The van der Waals surface area contributed by atoms with E-state index in [0.717, 1.165) is 51.5 Å². The zero-order valence-corrected chi connectivity index (χ0v) is 21.4. The van der Waals surface area contributed by atoms with Crippen molar-refractivity contribution >= 4 is 27.6 Å². The van der Waals surface area contributed by atoms with Crippen molar-refractivity contribution in [2.24, 2.45) is 15.9 Å². The van der Waals surface area contributed by atoms with Gasteiger partial charge in [0.2, 0.25) is 0 Å². The maximum Gasteiger partial charge on any atom is 0.261 e. The molecule has 0 spiro atoms. The van der Waals surface area contributed by atoms with E-state index in [1.54, 1.807) is 12.1 Å². The minimum atomic E-state index is -3.80. The highest BCUT2D eigenvalue weighted by molar-refractivity contribution is 7.92. The van der Waals surface area contributed by atoms with Crippen LogP contribution in [0.1, 0.15) is 23.6 Å². The molecular formula is C29H27FN4O2S. The zero-order chi connectivity index (χ0) is 26.0. The van der Waals surface area contributed by atoms with Crippen molar-refractivity contribution in [3.05, 3.63) is 118 Å². The van der Waals surface area contributed by atoms with Crippen LogP contribution in [0.5, 0.6) is 0 Å². The molecule has 6 nitrogen and oxygen atoms in total. The van der Waals surface area contributed by atoms with E-state index in [2.05, 4.69) is 40.2 Å². The molecule has 0 radical (unpaired) electrons. The molecule has 3 aromatic rings. The fraction of sp³-hybridized carbons (Fsp3) is 0.172. The summed E-state index contributed by atoms with van der Waals surface area (Å²) in [5, 5.41) is 3.57. The van der Waals surface area contributed by atoms with Crippen molar-refractivity contribution in [3.8, 4) is 0 Å². The van der Waals surface area contributed by atoms with Crippen LogP contribution in [0, 0.1) is 18.7 Å². The van der Waals surface area contributed by atoms with Crippen LogP contribution in [0.3, 0.4) is 0 Å². The van der Waals surface area contributed by atoms with Gasteiger partial charge in [-0.25, -0.2) is 12.8 Å². The topological polar surface area (TPSA) is 82.9 Å². The number of hydrogen-bond donors (Lipinski definition) is 2. The first-order valence-corrected chi connectivity index (χ1v) is 13.5. The molecule has 0 aromatic heterocycles. The van der Waals surface area contributed by atoms with Crippen molar-refractivity contribution in [1.82, 2.24) is 5.32 Å². The molecule has 0 amide bonds. The van der Waals surface area contributed by atoms with Gasteiger partial charge in [-0.15, -0.1) is 0 Å². The number of aryl methyl sites for hydroxylation is 1. The smallest absolute Gasteiger partial charge is 0.261 e. The van der Waals surface area contributed by atoms with Crippen LogP contribution in [-0.4, -0.2) is 26.9 Å². The van der Waals surface area contributed by atoms with Crippen LogP contribution >= 0.6 is 0 Å². The van der Waals surface area contributed by atoms with Gasteiger partial charge in [0.1, 0.15) is 5.82 Å². The van der Waals surface area contributed by atoms with Crippen LogP contribution in [-0.2, 0) is 16.6 Å². The van der Waals surface area contributed by atoms with Gasteiger partial charge in [0.05, 0.1) is 28.8 Å². The van der Waals surface area contributed by atoms with E-state index in [0.29, 0.717) is 18.8 Å². The summed E-state index contributed by atoms with van der Waals surface area (Å²) in [4.78, 5) is 9.52. The van der Waals surface area contributed by atoms with Crippen LogP contribution < -0.4 is 10.0 Å². The first kappa shape index (κ1) is 24.6. The Labute approximate surface area is 216 Å². The Morgan fingerprint density at radius 2 is 1.70 bits per heavy atom. The normalized spacial score (nSPS) is 17.1. The summed E-state index contributed by atoms with van der Waals surface area (Å²) < 4.78 is 40.9. The molecule has 1 unspecified atom stereocenters. The van der Waals surface area contributed by atoms with E-state index in [1.807, 2.05) is 37.4 Å². The monoisotopic (exact) mass is 514 g/mol. The van der Waals surface area contributed by atoms with Crippen molar-refractivity contribution in [2.75, 3.05) is 11.3 Å². The Hall–Kier alpha value is -4.04. The molecule has 5 rings (SSSR count). The third kappa shape index (κ3) is 5.39. The number of fused-ring (bicyclic) bond motifs is 1. The van der Waals surface area contributed by atoms with Crippen LogP contribution in [0.2, 0.25) is 0 Å². The Kier molecular flexibility index (Phi) is 6.76. The fourth-order valence-corrected chi connectivity index (χ4v) is 5.50. The van der Waals surface area contributed by atoms with Gasteiger partial charge in [-0.1, -0.05) is 36.4 Å². The lowest BCUT2D eigenvalue weighted by Gasteiger charge is -2.29. The van der Waals surface area contributed by atoms with Gasteiger partial charge in [0.25, 0.3) is 10.0 Å². The number of aliphatic imine (C=N–C) groups is 2. The van der Waals surface area contributed by atoms with E-state index >= 15 is 0 Å². The van der Waals surface area contributed by atoms with Crippen molar-refractivity contribution in [1.29, 1.82) is 0 Å². The number of anilines is 1. The average Bonchev–Trinajstić information content (AvgIpc) is 2.89. The first-order valence-electron chi connectivity index (χ1n) is 12.0. The van der Waals surface area contributed by atoms with Gasteiger partial charge < -0.3 is 5.32 Å². The zero-order valence-electron chi connectivity index (χ0n) is 20.6. The first-order chi connectivity index (χ1) is 17.8. The second kappa shape index (κ2) is 10.1. The van der Waals surface area contributed by atoms with Gasteiger partial charge >= 0.3 is 0 Å². The average molecular weight is 515 g/mol. The third-order valence-electron chi connectivity index (χ3n) is 6.46. The highest BCUT2D eigenvalue weighted by atomic mass is 32.2. The van der Waals surface area contributed by atoms with Gasteiger partial charge in [-0.3, -0.25) is 14.7 Å². The second-order valence-corrected chi connectivity index (χ2v) is 10.8. The Bertz CT molecular complexity index is 1550. The molecule has 2 heterocycles. The number of allylic oxidation sites excluding steroid dienone is 2.